The molecule has 0 atom stereocenters. The highest BCUT2D eigenvalue weighted by Crippen LogP contribution is 2.35. The standard InChI is InChI=1S/C20H11N3O/c21-10-13-8-12-4-3-7-17-19(23-18(12)9-14(13)11-22)15-5-1-2-6-16(15)20(17)24/h1-2,4-6,8-9H,3,7H2/b12-4+,23-18-. The Labute approximate surface area is 138 Å². The summed E-state index contributed by atoms with van der Waals surface area (Å²) in [5, 5.41) is 19.9. The van der Waals surface area contributed by atoms with E-state index in [9.17, 15) is 15.3 Å². The van der Waals surface area contributed by atoms with Crippen molar-refractivity contribution in [2.75, 3.05) is 0 Å². The number of Topliss-reactive ketones (excluding diaryl/α,β-unsaturated/α-hetero) is 1. The second-order valence-electron chi connectivity index (χ2n) is 5.74. The van der Waals surface area contributed by atoms with E-state index < -0.39 is 0 Å². The molecule has 0 radical (unpaired) electrons. The maximum atomic E-state index is 12.6. The highest BCUT2D eigenvalue weighted by Gasteiger charge is 2.28. The van der Waals surface area contributed by atoms with E-state index in [1.165, 1.54) is 0 Å². The van der Waals surface area contributed by atoms with Gasteiger partial charge in [-0.25, -0.2) is 4.99 Å². The van der Waals surface area contributed by atoms with Crippen molar-refractivity contribution in [2.45, 2.75) is 12.8 Å². The molecule has 4 nitrogen and oxygen atoms in total. The summed E-state index contributed by atoms with van der Waals surface area (Å²) in [6, 6.07) is 14.9. The van der Waals surface area contributed by atoms with Crippen LogP contribution in [0.2, 0.25) is 0 Å². The maximum Gasteiger partial charge on any atom is 0.191 e. The Morgan fingerprint density at radius 1 is 1.00 bits per heavy atom. The van der Waals surface area contributed by atoms with Crippen molar-refractivity contribution in [2.24, 2.45) is 4.99 Å². The number of hydrogen-bond acceptors (Lipinski definition) is 4. The fourth-order valence-corrected chi connectivity index (χ4v) is 3.22. The van der Waals surface area contributed by atoms with Crippen LogP contribution in [0, 0.1) is 22.7 Å². The van der Waals surface area contributed by atoms with Crippen LogP contribution < -0.4 is 10.6 Å². The van der Waals surface area contributed by atoms with Gasteiger partial charge in [0.15, 0.2) is 5.78 Å². The minimum Gasteiger partial charge on any atom is -0.289 e. The van der Waals surface area contributed by atoms with Gasteiger partial charge in [-0.1, -0.05) is 30.3 Å². The summed E-state index contributed by atoms with van der Waals surface area (Å²) in [7, 11) is 0. The molecule has 4 heteroatoms. The smallest absolute Gasteiger partial charge is 0.191 e. The number of hydrogen-bond donors (Lipinski definition) is 0. The summed E-state index contributed by atoms with van der Waals surface area (Å²) < 4.78 is 0. The molecule has 2 aromatic carbocycles. The zero-order valence-corrected chi connectivity index (χ0v) is 12.7. The maximum absolute atomic E-state index is 12.6. The van der Waals surface area contributed by atoms with Crippen LogP contribution in [0.25, 0.3) is 11.8 Å². The number of carbonyl (C=O) groups is 1. The zero-order valence-electron chi connectivity index (χ0n) is 12.7. The van der Waals surface area contributed by atoms with Crippen molar-refractivity contribution in [3.8, 4) is 12.1 Å². The van der Waals surface area contributed by atoms with E-state index in [1.54, 1.807) is 12.1 Å². The lowest BCUT2D eigenvalue weighted by Crippen LogP contribution is -2.27. The molecular weight excluding hydrogens is 298 g/mol. The first kappa shape index (κ1) is 14.1. The van der Waals surface area contributed by atoms with E-state index in [-0.39, 0.29) is 5.78 Å². The summed E-state index contributed by atoms with van der Waals surface area (Å²) >= 11 is 0. The lowest BCUT2D eigenvalue weighted by Gasteiger charge is -2.05. The van der Waals surface area contributed by atoms with Gasteiger partial charge < -0.3 is 0 Å². The number of carbonyl (C=O) groups excluding carboxylic acids is 1. The molecule has 0 bridgehead atoms. The molecule has 112 valence electrons. The van der Waals surface area contributed by atoms with E-state index in [2.05, 4.69) is 6.07 Å². The third kappa shape index (κ3) is 1.98. The summed E-state index contributed by atoms with van der Waals surface area (Å²) in [5.74, 6) is 0.0374. The quantitative estimate of drug-likeness (QED) is 0.748. The van der Waals surface area contributed by atoms with Gasteiger partial charge in [0.05, 0.1) is 22.2 Å². The van der Waals surface area contributed by atoms with Crippen LogP contribution >= 0.6 is 0 Å². The molecule has 0 unspecified atom stereocenters. The number of ketones is 1. The molecule has 4 rings (SSSR count). The van der Waals surface area contributed by atoms with E-state index in [0.717, 1.165) is 16.4 Å². The molecule has 0 N–H and O–H groups in total. The van der Waals surface area contributed by atoms with Gasteiger partial charge in [0.1, 0.15) is 12.1 Å². The van der Waals surface area contributed by atoms with Gasteiger partial charge in [-0.3, -0.25) is 4.79 Å². The highest BCUT2D eigenvalue weighted by molar-refractivity contribution is 6.20. The minimum atomic E-state index is 0.0374. The second kappa shape index (κ2) is 5.30. The van der Waals surface area contributed by atoms with Crippen molar-refractivity contribution in [1.29, 1.82) is 10.5 Å². The van der Waals surface area contributed by atoms with E-state index >= 15 is 0 Å². The first-order valence-corrected chi connectivity index (χ1v) is 7.63. The van der Waals surface area contributed by atoms with Crippen LogP contribution in [0.15, 0.2) is 47.0 Å². The van der Waals surface area contributed by atoms with Crippen molar-refractivity contribution >= 4 is 17.6 Å². The Kier molecular flexibility index (Phi) is 3.11. The number of allylic oxidation sites excluding steroid dienone is 1. The predicted molar refractivity (Wildman–Crippen MR) is 88.0 cm³/mol. The highest BCUT2D eigenvalue weighted by atomic mass is 16.1. The number of rotatable bonds is 0. The fourth-order valence-electron chi connectivity index (χ4n) is 3.22. The molecule has 0 saturated heterocycles. The number of fused-ring (bicyclic) bond motifs is 3. The van der Waals surface area contributed by atoms with Crippen molar-refractivity contribution in [1.82, 2.24) is 0 Å². The van der Waals surface area contributed by atoms with Gasteiger partial charge in [-0.15, -0.1) is 0 Å². The molecule has 1 heterocycles. The lowest BCUT2D eigenvalue weighted by atomic mass is 10.0. The van der Waals surface area contributed by atoms with Crippen LogP contribution in [0.3, 0.4) is 0 Å². The summed E-state index contributed by atoms with van der Waals surface area (Å²) in [6.07, 6.45) is 3.28. The minimum absolute atomic E-state index is 0.0374. The fraction of sp³-hybridized carbons (Fsp3) is 0.100. The second-order valence-corrected chi connectivity index (χ2v) is 5.74. The van der Waals surface area contributed by atoms with Crippen LogP contribution in [0.1, 0.15) is 39.9 Å². The third-order valence-electron chi connectivity index (χ3n) is 4.39. The largest absolute Gasteiger partial charge is 0.289 e. The van der Waals surface area contributed by atoms with Gasteiger partial charge in [-0.05, 0) is 30.2 Å². The molecule has 2 aliphatic rings. The van der Waals surface area contributed by atoms with Gasteiger partial charge in [0.2, 0.25) is 0 Å². The normalized spacial score (nSPS) is 17.7. The van der Waals surface area contributed by atoms with Gasteiger partial charge in [0, 0.05) is 16.7 Å². The van der Waals surface area contributed by atoms with Crippen molar-refractivity contribution < 1.29 is 4.79 Å². The average Bonchev–Trinajstić information content (AvgIpc) is 2.85. The molecule has 0 fully saturated rings. The number of nitrogens with zero attached hydrogens (tertiary/aromatic N) is 3. The van der Waals surface area contributed by atoms with Gasteiger partial charge in [-0.2, -0.15) is 10.5 Å². The van der Waals surface area contributed by atoms with Crippen molar-refractivity contribution in [3.63, 3.8) is 0 Å². The first-order valence-electron chi connectivity index (χ1n) is 7.63. The molecular formula is C20H11N3O. The Morgan fingerprint density at radius 3 is 2.46 bits per heavy atom. The van der Waals surface area contributed by atoms with Crippen LogP contribution in [-0.4, -0.2) is 5.78 Å². The summed E-state index contributed by atoms with van der Waals surface area (Å²) in [6.45, 7) is 0. The first-order chi connectivity index (χ1) is 11.7. The van der Waals surface area contributed by atoms with Crippen LogP contribution in [-0.2, 0) is 0 Å². The monoisotopic (exact) mass is 309 g/mol. The SMILES string of the molecule is N#Cc1cc2/c(cc1C#N)=C/CCC1=C(\N=2)c2ccccc2C1=O. The molecule has 0 spiro atoms. The molecule has 24 heavy (non-hydrogen) atoms. The van der Waals surface area contributed by atoms with Crippen LogP contribution in [0.5, 0.6) is 0 Å². The molecule has 2 aromatic rings. The molecule has 0 amide bonds. The van der Waals surface area contributed by atoms with Crippen molar-refractivity contribution in [3.05, 3.63) is 74.8 Å². The average molecular weight is 309 g/mol. The Bertz CT molecular complexity index is 1140. The number of benzene rings is 2. The topological polar surface area (TPSA) is 77.0 Å². The Hall–Kier alpha value is -3.50. The predicted octanol–water partition coefficient (Wildman–Crippen LogP) is 2.23. The Morgan fingerprint density at radius 2 is 1.71 bits per heavy atom. The molecule has 1 aliphatic carbocycles. The van der Waals surface area contributed by atoms with Gasteiger partial charge >= 0.3 is 0 Å². The molecule has 0 aromatic heterocycles. The molecule has 0 saturated carbocycles. The van der Waals surface area contributed by atoms with E-state index in [4.69, 9.17) is 4.99 Å². The molecule has 1 aliphatic heterocycles. The summed E-state index contributed by atoms with van der Waals surface area (Å²) in [5.41, 5.74) is 3.59. The van der Waals surface area contributed by atoms with E-state index in [1.807, 2.05) is 36.4 Å². The number of nitriles is 2. The Balaban J connectivity index is 2.06. The lowest BCUT2D eigenvalue weighted by molar-refractivity contribution is 0.103. The zero-order chi connectivity index (χ0) is 16.7. The van der Waals surface area contributed by atoms with Crippen LogP contribution in [0.4, 0.5) is 0 Å². The van der Waals surface area contributed by atoms with Gasteiger partial charge in [0.25, 0.3) is 0 Å². The third-order valence-corrected chi connectivity index (χ3v) is 4.39. The summed E-state index contributed by atoms with van der Waals surface area (Å²) in [4.78, 5) is 17.3. The van der Waals surface area contributed by atoms with E-state index in [0.29, 0.717) is 40.6 Å².